The minimum Gasteiger partial charge on any atom is -0.309 e. The Morgan fingerprint density at radius 3 is 1.55 bits per heavy atom. The first-order valence-corrected chi connectivity index (χ1v) is 17.9. The number of aromatic nitrogens is 2. The van der Waals surface area contributed by atoms with E-state index in [-0.39, 0.29) is 5.41 Å². The maximum Gasteiger partial charge on any atom is 0.0541 e. The van der Waals surface area contributed by atoms with Gasteiger partial charge in [-0.25, -0.2) is 0 Å². The lowest BCUT2D eigenvalue weighted by molar-refractivity contribution is 0.660. The Morgan fingerprint density at radius 1 is 0.353 bits per heavy atom. The van der Waals surface area contributed by atoms with Gasteiger partial charge < -0.3 is 9.13 Å². The second-order valence-corrected chi connectivity index (χ2v) is 14.6. The van der Waals surface area contributed by atoms with Gasteiger partial charge in [-0.05, 0) is 105 Å². The molecule has 0 spiro atoms. The molecule has 10 aromatic rings. The highest BCUT2D eigenvalue weighted by atomic mass is 15.0. The minimum atomic E-state index is -0.0517. The molecule has 11 rings (SSSR count). The zero-order valence-corrected chi connectivity index (χ0v) is 28.6. The van der Waals surface area contributed by atoms with E-state index in [1.807, 2.05) is 0 Å². The van der Waals surface area contributed by atoms with Crippen LogP contribution in [0, 0.1) is 0 Å². The second kappa shape index (κ2) is 10.3. The number of hydrogen-bond acceptors (Lipinski definition) is 0. The van der Waals surface area contributed by atoms with E-state index in [4.69, 9.17) is 0 Å². The summed E-state index contributed by atoms with van der Waals surface area (Å²) in [5.41, 5.74) is 15.2. The highest BCUT2D eigenvalue weighted by molar-refractivity contribution is 6.13. The summed E-state index contributed by atoms with van der Waals surface area (Å²) in [6.07, 6.45) is 0. The van der Waals surface area contributed by atoms with Crippen LogP contribution in [0.2, 0.25) is 0 Å². The third-order valence-electron chi connectivity index (χ3n) is 11.5. The lowest BCUT2D eigenvalue weighted by atomic mass is 9.82. The Labute approximate surface area is 296 Å². The number of hydrogen-bond donors (Lipinski definition) is 0. The Hall–Kier alpha value is -6.38. The molecular weight excluding hydrogens is 617 g/mol. The molecule has 240 valence electrons. The fourth-order valence-corrected chi connectivity index (χ4v) is 9.01. The Kier molecular flexibility index (Phi) is 5.76. The van der Waals surface area contributed by atoms with Crippen LogP contribution in [0.25, 0.3) is 88.0 Å². The molecule has 51 heavy (non-hydrogen) atoms. The molecule has 2 nitrogen and oxygen atoms in total. The molecule has 0 saturated carbocycles. The van der Waals surface area contributed by atoms with Gasteiger partial charge in [-0.15, -0.1) is 0 Å². The smallest absolute Gasteiger partial charge is 0.0541 e. The van der Waals surface area contributed by atoms with Crippen molar-refractivity contribution in [2.24, 2.45) is 0 Å². The van der Waals surface area contributed by atoms with Gasteiger partial charge in [-0.3, -0.25) is 0 Å². The summed E-state index contributed by atoms with van der Waals surface area (Å²) in [4.78, 5) is 0. The zero-order chi connectivity index (χ0) is 33.8. The van der Waals surface area contributed by atoms with Crippen LogP contribution in [-0.4, -0.2) is 9.13 Å². The van der Waals surface area contributed by atoms with E-state index in [1.54, 1.807) is 0 Å². The molecule has 0 saturated heterocycles. The van der Waals surface area contributed by atoms with Gasteiger partial charge in [0.05, 0.1) is 22.1 Å². The predicted octanol–water partition coefficient (Wildman–Crippen LogP) is 13.0. The van der Waals surface area contributed by atoms with E-state index in [0.717, 1.165) is 0 Å². The molecule has 0 unspecified atom stereocenters. The predicted molar refractivity (Wildman–Crippen MR) is 216 cm³/mol. The molecule has 8 aromatic carbocycles. The SMILES string of the molecule is CC1(C)c2ccccc2-c2ccc(-n3c4ccccc4c4cc(-c5ccc6c(c5)c5ccccc5n6-c5ccc6ccccc6c5)ccc43)cc21. The normalized spacial score (nSPS) is 13.5. The topological polar surface area (TPSA) is 9.86 Å². The first kappa shape index (κ1) is 28.5. The maximum absolute atomic E-state index is 2.45. The lowest BCUT2D eigenvalue weighted by Crippen LogP contribution is -2.15. The zero-order valence-electron chi connectivity index (χ0n) is 28.6. The van der Waals surface area contributed by atoms with E-state index in [9.17, 15) is 0 Å². The molecule has 0 aliphatic heterocycles. The molecule has 0 fully saturated rings. The van der Waals surface area contributed by atoms with Gasteiger partial charge in [-0.2, -0.15) is 0 Å². The summed E-state index contributed by atoms with van der Waals surface area (Å²) in [6, 6.07) is 62.9. The van der Waals surface area contributed by atoms with Gasteiger partial charge in [0.25, 0.3) is 0 Å². The summed E-state index contributed by atoms with van der Waals surface area (Å²) in [5.74, 6) is 0. The van der Waals surface area contributed by atoms with Crippen molar-refractivity contribution in [2.45, 2.75) is 19.3 Å². The molecule has 1 aliphatic carbocycles. The number of benzene rings is 8. The Bertz CT molecular complexity index is 3060. The van der Waals surface area contributed by atoms with Crippen molar-refractivity contribution in [3.05, 3.63) is 181 Å². The van der Waals surface area contributed by atoms with Crippen LogP contribution in [0.3, 0.4) is 0 Å². The van der Waals surface area contributed by atoms with Crippen LogP contribution in [0.15, 0.2) is 170 Å². The minimum absolute atomic E-state index is 0.0517. The van der Waals surface area contributed by atoms with Crippen molar-refractivity contribution in [2.75, 3.05) is 0 Å². The van der Waals surface area contributed by atoms with E-state index >= 15 is 0 Å². The monoisotopic (exact) mass is 650 g/mol. The summed E-state index contributed by atoms with van der Waals surface area (Å²) >= 11 is 0. The molecule has 0 N–H and O–H groups in total. The molecule has 2 aromatic heterocycles. The number of para-hydroxylation sites is 2. The number of rotatable bonds is 3. The van der Waals surface area contributed by atoms with Crippen molar-refractivity contribution < 1.29 is 0 Å². The van der Waals surface area contributed by atoms with Crippen LogP contribution in [0.4, 0.5) is 0 Å². The van der Waals surface area contributed by atoms with Crippen molar-refractivity contribution in [3.63, 3.8) is 0 Å². The summed E-state index contributed by atoms with van der Waals surface area (Å²) in [7, 11) is 0. The van der Waals surface area contributed by atoms with E-state index in [1.165, 1.54) is 99.1 Å². The molecule has 0 amide bonds. The third-order valence-corrected chi connectivity index (χ3v) is 11.5. The molecule has 0 radical (unpaired) electrons. The average molecular weight is 651 g/mol. The van der Waals surface area contributed by atoms with Crippen LogP contribution in [0.5, 0.6) is 0 Å². The summed E-state index contributed by atoms with van der Waals surface area (Å²) in [6.45, 7) is 4.71. The molecule has 0 atom stereocenters. The third kappa shape index (κ3) is 3.99. The first-order valence-electron chi connectivity index (χ1n) is 17.9. The summed E-state index contributed by atoms with van der Waals surface area (Å²) < 4.78 is 4.86. The fourth-order valence-electron chi connectivity index (χ4n) is 9.01. The number of nitrogens with zero attached hydrogens (tertiary/aromatic N) is 2. The average Bonchev–Trinajstić information content (AvgIpc) is 3.77. The largest absolute Gasteiger partial charge is 0.309 e. The van der Waals surface area contributed by atoms with Gasteiger partial charge in [0.1, 0.15) is 0 Å². The molecule has 0 bridgehead atoms. The van der Waals surface area contributed by atoms with E-state index in [0.29, 0.717) is 0 Å². The quantitative estimate of drug-likeness (QED) is 0.180. The van der Waals surface area contributed by atoms with Gasteiger partial charge in [0.15, 0.2) is 0 Å². The Morgan fingerprint density at radius 2 is 0.863 bits per heavy atom. The maximum atomic E-state index is 2.45. The lowest BCUT2D eigenvalue weighted by Gasteiger charge is -2.22. The van der Waals surface area contributed by atoms with Crippen molar-refractivity contribution in [1.29, 1.82) is 0 Å². The highest BCUT2D eigenvalue weighted by Gasteiger charge is 2.35. The van der Waals surface area contributed by atoms with Gasteiger partial charge in [-0.1, -0.05) is 123 Å². The Balaban J connectivity index is 1.07. The summed E-state index contributed by atoms with van der Waals surface area (Å²) in [5, 5.41) is 7.57. The molecule has 2 heteroatoms. The molecule has 2 heterocycles. The van der Waals surface area contributed by atoms with E-state index < -0.39 is 0 Å². The van der Waals surface area contributed by atoms with Crippen molar-refractivity contribution >= 4 is 54.4 Å². The molecular formula is C49H34N2. The van der Waals surface area contributed by atoms with Crippen LogP contribution in [-0.2, 0) is 5.41 Å². The van der Waals surface area contributed by atoms with Crippen LogP contribution < -0.4 is 0 Å². The highest BCUT2D eigenvalue weighted by Crippen LogP contribution is 2.49. The van der Waals surface area contributed by atoms with Gasteiger partial charge >= 0.3 is 0 Å². The molecule has 1 aliphatic rings. The second-order valence-electron chi connectivity index (χ2n) is 14.6. The fraction of sp³-hybridized carbons (Fsp3) is 0.0612. The first-order chi connectivity index (χ1) is 25.0. The van der Waals surface area contributed by atoms with Crippen molar-refractivity contribution in [3.8, 4) is 33.6 Å². The van der Waals surface area contributed by atoms with Gasteiger partial charge in [0, 0.05) is 38.3 Å². The standard InChI is InChI=1S/C49H34N2/c1-49(2)43-16-8-5-13-37(43)38-24-23-36(30-44(38)49)51-46-18-10-7-15-40(46)42-29-34(21-26-48(42)51)33-20-25-47-41(28-33)39-14-6-9-17-45(39)50(47)35-22-19-31-11-3-4-12-32(31)27-35/h3-30H,1-2H3. The van der Waals surface area contributed by atoms with E-state index in [2.05, 4.69) is 193 Å². The number of fused-ring (bicyclic) bond motifs is 10. The van der Waals surface area contributed by atoms with Gasteiger partial charge in [0.2, 0.25) is 0 Å². The van der Waals surface area contributed by atoms with Crippen LogP contribution >= 0.6 is 0 Å². The van der Waals surface area contributed by atoms with Crippen molar-refractivity contribution in [1.82, 2.24) is 9.13 Å². The van der Waals surface area contributed by atoms with Crippen LogP contribution in [0.1, 0.15) is 25.0 Å².